The lowest BCUT2D eigenvalue weighted by atomic mass is 10.2. The van der Waals surface area contributed by atoms with E-state index in [0.29, 0.717) is 24.4 Å². The molecule has 0 radical (unpaired) electrons. The molecule has 0 unspecified atom stereocenters. The zero-order valence-corrected chi connectivity index (χ0v) is 14.2. The number of aromatic nitrogens is 2. The summed E-state index contributed by atoms with van der Waals surface area (Å²) in [5.74, 6) is -0.198. The number of sulfonamides is 1. The van der Waals surface area contributed by atoms with E-state index in [1.165, 1.54) is 0 Å². The van der Waals surface area contributed by atoms with E-state index in [9.17, 15) is 8.42 Å². The second-order valence-electron chi connectivity index (χ2n) is 5.85. The Hall–Kier alpha value is -2.64. The van der Waals surface area contributed by atoms with E-state index in [1.54, 1.807) is 6.07 Å². The summed E-state index contributed by atoms with van der Waals surface area (Å²) in [4.78, 5) is 0. The smallest absolute Gasteiger partial charge is 0.217 e. The number of nitrogens with zero attached hydrogens (tertiary/aromatic N) is 2. The summed E-state index contributed by atoms with van der Waals surface area (Å²) in [5, 5.41) is 5.74. The van der Waals surface area contributed by atoms with E-state index >= 15 is 0 Å². The van der Waals surface area contributed by atoms with Crippen molar-refractivity contribution in [2.24, 2.45) is 0 Å². The fraction of sp³-hybridized carbons (Fsp3) is 0.167. The van der Waals surface area contributed by atoms with Gasteiger partial charge in [0.25, 0.3) is 0 Å². The van der Waals surface area contributed by atoms with Crippen molar-refractivity contribution < 1.29 is 12.9 Å². The fourth-order valence-corrected chi connectivity index (χ4v) is 4.00. The molecule has 0 fully saturated rings. The molecule has 2 aromatic heterocycles. The summed E-state index contributed by atoms with van der Waals surface area (Å²) in [6, 6.07) is 17.3. The average molecular weight is 355 g/mol. The highest BCUT2D eigenvalue weighted by atomic mass is 32.2. The summed E-state index contributed by atoms with van der Waals surface area (Å²) in [7, 11) is -3.49. The number of nitrogens with one attached hydrogen (secondary N) is 1. The van der Waals surface area contributed by atoms with Crippen LogP contribution in [0.5, 0.6) is 0 Å². The fourth-order valence-electron chi connectivity index (χ4n) is 2.93. The molecule has 1 N–H and O–H groups in total. The molecule has 0 saturated carbocycles. The number of hydrogen-bond acceptors (Lipinski definition) is 4. The third-order valence-electron chi connectivity index (χ3n) is 4.13. The highest BCUT2D eigenvalue weighted by molar-refractivity contribution is 7.88. The molecule has 0 aliphatic heterocycles. The Morgan fingerprint density at radius 2 is 1.84 bits per heavy atom. The van der Waals surface area contributed by atoms with Crippen LogP contribution in [0.2, 0.25) is 0 Å². The molecule has 25 heavy (non-hydrogen) atoms. The molecule has 0 amide bonds. The zero-order valence-electron chi connectivity index (χ0n) is 13.4. The molecule has 128 valence electrons. The lowest BCUT2D eigenvalue weighted by molar-refractivity contribution is 0.448. The molecule has 0 aliphatic rings. The van der Waals surface area contributed by atoms with Gasteiger partial charge in [-0.1, -0.05) is 35.5 Å². The van der Waals surface area contributed by atoms with Gasteiger partial charge in [-0.15, -0.1) is 0 Å². The maximum atomic E-state index is 12.3. The van der Waals surface area contributed by atoms with E-state index < -0.39 is 10.0 Å². The molecule has 0 saturated heterocycles. The van der Waals surface area contributed by atoms with Crippen LogP contribution in [0.15, 0.2) is 65.3 Å². The molecule has 0 aliphatic carbocycles. The Balaban J connectivity index is 1.43. The van der Waals surface area contributed by atoms with Gasteiger partial charge in [-0.2, -0.15) is 0 Å². The maximum Gasteiger partial charge on any atom is 0.217 e. The van der Waals surface area contributed by atoms with Crippen molar-refractivity contribution in [2.75, 3.05) is 6.54 Å². The van der Waals surface area contributed by atoms with Crippen molar-refractivity contribution >= 4 is 31.9 Å². The number of benzene rings is 2. The van der Waals surface area contributed by atoms with Crippen LogP contribution in [0.3, 0.4) is 0 Å². The van der Waals surface area contributed by atoms with Gasteiger partial charge >= 0.3 is 0 Å². The number of rotatable bonds is 6. The standard InChI is InChI=1S/C18H17N3O3S/c22-25(23,13-16-15-6-2-4-8-18(15)24-20-16)19-10-12-21-11-9-14-5-1-3-7-17(14)21/h1-9,11,19H,10,12-13H2. The largest absolute Gasteiger partial charge is 0.356 e. The van der Waals surface area contributed by atoms with Crippen LogP contribution in [-0.2, 0) is 22.3 Å². The third-order valence-corrected chi connectivity index (χ3v) is 5.43. The molecule has 2 aromatic carbocycles. The first-order valence-electron chi connectivity index (χ1n) is 7.97. The van der Waals surface area contributed by atoms with Crippen molar-refractivity contribution in [1.29, 1.82) is 0 Å². The predicted molar refractivity (Wildman–Crippen MR) is 96.6 cm³/mol. The molecule has 0 spiro atoms. The Morgan fingerprint density at radius 1 is 1.04 bits per heavy atom. The van der Waals surface area contributed by atoms with Gasteiger partial charge in [-0.3, -0.25) is 0 Å². The first-order chi connectivity index (χ1) is 12.1. The summed E-state index contributed by atoms with van der Waals surface area (Å²) >= 11 is 0. The number of hydrogen-bond donors (Lipinski definition) is 1. The van der Waals surface area contributed by atoms with E-state index in [0.717, 1.165) is 16.3 Å². The second kappa shape index (κ2) is 6.34. The molecular weight excluding hydrogens is 338 g/mol. The van der Waals surface area contributed by atoms with Crippen molar-refractivity contribution in [3.63, 3.8) is 0 Å². The van der Waals surface area contributed by atoms with Crippen LogP contribution in [0.1, 0.15) is 5.69 Å². The molecule has 0 bridgehead atoms. The Morgan fingerprint density at radius 3 is 2.76 bits per heavy atom. The molecule has 7 heteroatoms. The van der Waals surface area contributed by atoms with E-state index in [1.807, 2.05) is 59.3 Å². The van der Waals surface area contributed by atoms with Gasteiger partial charge in [-0.25, -0.2) is 13.1 Å². The second-order valence-corrected chi connectivity index (χ2v) is 7.65. The van der Waals surface area contributed by atoms with Gasteiger partial charge in [0.05, 0.1) is 0 Å². The quantitative estimate of drug-likeness (QED) is 0.577. The topological polar surface area (TPSA) is 77.1 Å². The summed E-state index contributed by atoms with van der Waals surface area (Å²) in [6.45, 7) is 0.878. The van der Waals surface area contributed by atoms with Gasteiger partial charge in [-0.05, 0) is 29.7 Å². The Bertz CT molecular complexity index is 1130. The van der Waals surface area contributed by atoms with E-state index in [2.05, 4.69) is 9.88 Å². The lowest BCUT2D eigenvalue weighted by Gasteiger charge is -2.08. The van der Waals surface area contributed by atoms with Gasteiger partial charge in [0, 0.05) is 30.2 Å². The van der Waals surface area contributed by atoms with Crippen LogP contribution in [-0.4, -0.2) is 24.7 Å². The molecular formula is C18H17N3O3S. The van der Waals surface area contributed by atoms with Crippen molar-refractivity contribution in [3.05, 3.63) is 66.5 Å². The van der Waals surface area contributed by atoms with Crippen LogP contribution >= 0.6 is 0 Å². The minimum absolute atomic E-state index is 0.198. The Labute approximate surface area is 145 Å². The molecule has 6 nitrogen and oxygen atoms in total. The number of fused-ring (bicyclic) bond motifs is 2. The molecule has 4 aromatic rings. The maximum absolute atomic E-state index is 12.3. The summed E-state index contributed by atoms with van der Waals surface area (Å²) in [6.07, 6.45) is 1.96. The Kier molecular flexibility index (Phi) is 4.03. The average Bonchev–Trinajstić information content (AvgIpc) is 3.20. The van der Waals surface area contributed by atoms with E-state index in [4.69, 9.17) is 4.52 Å². The highest BCUT2D eigenvalue weighted by Gasteiger charge is 2.17. The van der Waals surface area contributed by atoms with Crippen LogP contribution < -0.4 is 4.72 Å². The van der Waals surface area contributed by atoms with Crippen molar-refractivity contribution in [3.8, 4) is 0 Å². The monoisotopic (exact) mass is 355 g/mol. The van der Waals surface area contributed by atoms with Crippen LogP contribution in [0.25, 0.3) is 21.9 Å². The minimum Gasteiger partial charge on any atom is -0.356 e. The van der Waals surface area contributed by atoms with Gasteiger partial charge in [0.15, 0.2) is 5.58 Å². The van der Waals surface area contributed by atoms with Gasteiger partial charge in [0.2, 0.25) is 10.0 Å². The first kappa shape index (κ1) is 15.9. The SMILES string of the molecule is O=S(=O)(Cc1noc2ccccc12)NCCn1ccc2ccccc21. The van der Waals surface area contributed by atoms with Crippen LogP contribution in [0, 0.1) is 0 Å². The molecule has 2 heterocycles. The first-order valence-corrected chi connectivity index (χ1v) is 9.62. The zero-order chi connectivity index (χ0) is 17.3. The summed E-state index contributed by atoms with van der Waals surface area (Å²) < 4.78 is 34.5. The van der Waals surface area contributed by atoms with E-state index in [-0.39, 0.29) is 5.75 Å². The third kappa shape index (κ3) is 3.29. The normalized spacial score (nSPS) is 12.2. The van der Waals surface area contributed by atoms with Crippen molar-refractivity contribution in [2.45, 2.75) is 12.3 Å². The van der Waals surface area contributed by atoms with Gasteiger partial charge < -0.3 is 9.09 Å². The number of para-hydroxylation sites is 2. The predicted octanol–water partition coefficient (Wildman–Crippen LogP) is 2.90. The minimum atomic E-state index is -3.49. The lowest BCUT2D eigenvalue weighted by Crippen LogP contribution is -2.28. The van der Waals surface area contributed by atoms with Crippen LogP contribution in [0.4, 0.5) is 0 Å². The van der Waals surface area contributed by atoms with Gasteiger partial charge in [0.1, 0.15) is 11.4 Å². The summed E-state index contributed by atoms with van der Waals surface area (Å²) in [5.41, 5.74) is 2.10. The van der Waals surface area contributed by atoms with Crippen molar-refractivity contribution in [1.82, 2.24) is 14.4 Å². The highest BCUT2D eigenvalue weighted by Crippen LogP contribution is 2.19. The molecule has 0 atom stereocenters. The molecule has 4 rings (SSSR count).